The number of piperidine rings is 1. The van der Waals surface area contributed by atoms with Gasteiger partial charge in [0.1, 0.15) is 0 Å². The summed E-state index contributed by atoms with van der Waals surface area (Å²) < 4.78 is 0. The van der Waals surface area contributed by atoms with Crippen molar-refractivity contribution in [1.29, 1.82) is 0 Å². The molecular formula is C20H22ClN3O2. The summed E-state index contributed by atoms with van der Waals surface area (Å²) in [6.45, 7) is 3.12. The van der Waals surface area contributed by atoms with E-state index in [1.165, 1.54) is 0 Å². The number of pyridine rings is 1. The number of aromatic nitrogens is 1. The number of hydrogen-bond donors (Lipinski definition) is 1. The highest BCUT2D eigenvalue weighted by Crippen LogP contribution is 2.21. The van der Waals surface area contributed by atoms with Gasteiger partial charge < -0.3 is 10.2 Å². The second-order valence-electron chi connectivity index (χ2n) is 6.59. The molecule has 0 spiro atoms. The Balaban J connectivity index is 1.52. The molecule has 2 heterocycles. The second kappa shape index (κ2) is 8.32. The summed E-state index contributed by atoms with van der Waals surface area (Å²) in [6.07, 6.45) is 4.82. The Labute approximate surface area is 158 Å². The number of halogens is 1. The minimum atomic E-state index is -0.0788. The predicted molar refractivity (Wildman–Crippen MR) is 101 cm³/mol. The normalized spacial score (nSPS) is 16.2. The summed E-state index contributed by atoms with van der Waals surface area (Å²) >= 11 is 5.87. The van der Waals surface area contributed by atoms with Gasteiger partial charge in [-0.15, -0.1) is 0 Å². The molecule has 1 atom stereocenters. The number of benzene rings is 1. The third-order valence-electron chi connectivity index (χ3n) is 4.79. The molecule has 136 valence electrons. The summed E-state index contributed by atoms with van der Waals surface area (Å²) in [6, 6.07) is 10.6. The quantitative estimate of drug-likeness (QED) is 0.895. The van der Waals surface area contributed by atoms with Gasteiger partial charge in [-0.2, -0.15) is 0 Å². The smallest absolute Gasteiger partial charge is 0.253 e. The van der Waals surface area contributed by atoms with Crippen LogP contribution in [0, 0.1) is 5.92 Å². The summed E-state index contributed by atoms with van der Waals surface area (Å²) in [5, 5.41) is 3.66. The Morgan fingerprint density at radius 3 is 2.50 bits per heavy atom. The highest BCUT2D eigenvalue weighted by Gasteiger charge is 2.28. The number of carbonyl (C=O) groups excluding carboxylic acids is 2. The van der Waals surface area contributed by atoms with Gasteiger partial charge in [0.15, 0.2) is 0 Å². The van der Waals surface area contributed by atoms with E-state index in [1.807, 2.05) is 19.1 Å². The van der Waals surface area contributed by atoms with Crippen LogP contribution in [-0.4, -0.2) is 34.8 Å². The number of hydrogen-bond acceptors (Lipinski definition) is 3. The minimum Gasteiger partial charge on any atom is -0.349 e. The molecule has 2 aromatic rings. The largest absolute Gasteiger partial charge is 0.349 e. The van der Waals surface area contributed by atoms with Crippen LogP contribution in [-0.2, 0) is 4.79 Å². The Morgan fingerprint density at radius 2 is 1.88 bits per heavy atom. The zero-order valence-electron chi connectivity index (χ0n) is 14.7. The molecular weight excluding hydrogens is 350 g/mol. The summed E-state index contributed by atoms with van der Waals surface area (Å²) in [5.74, 6) is -0.0346. The first kappa shape index (κ1) is 18.4. The average molecular weight is 372 g/mol. The molecule has 0 saturated carbocycles. The van der Waals surface area contributed by atoms with Crippen LogP contribution in [0.25, 0.3) is 0 Å². The number of likely N-dealkylation sites (tertiary alicyclic amines) is 1. The third kappa shape index (κ3) is 4.41. The van der Waals surface area contributed by atoms with Gasteiger partial charge in [-0.25, -0.2) is 0 Å². The van der Waals surface area contributed by atoms with Crippen LogP contribution in [0.4, 0.5) is 0 Å². The highest BCUT2D eigenvalue weighted by molar-refractivity contribution is 6.30. The molecule has 0 bridgehead atoms. The van der Waals surface area contributed by atoms with Gasteiger partial charge in [-0.05, 0) is 55.7 Å². The number of carbonyl (C=O) groups is 2. The van der Waals surface area contributed by atoms with E-state index in [9.17, 15) is 9.59 Å². The average Bonchev–Trinajstić information content (AvgIpc) is 2.69. The van der Waals surface area contributed by atoms with E-state index < -0.39 is 0 Å². The first-order chi connectivity index (χ1) is 12.5. The van der Waals surface area contributed by atoms with Crippen molar-refractivity contribution in [3.63, 3.8) is 0 Å². The zero-order valence-corrected chi connectivity index (χ0v) is 15.4. The van der Waals surface area contributed by atoms with Gasteiger partial charge >= 0.3 is 0 Å². The van der Waals surface area contributed by atoms with Crippen LogP contribution in [0.1, 0.15) is 41.7 Å². The standard InChI is InChI=1S/C20H22ClN3O2/c1-14(17-3-2-10-22-13-17)23-19(25)15-8-11-24(12-9-15)20(26)16-4-6-18(21)7-5-16/h2-7,10,13-15H,8-9,11-12H2,1H3,(H,23,25). The zero-order chi connectivity index (χ0) is 18.5. The van der Waals surface area contributed by atoms with Crippen molar-refractivity contribution in [1.82, 2.24) is 15.2 Å². The van der Waals surface area contributed by atoms with E-state index >= 15 is 0 Å². The molecule has 1 fully saturated rings. The molecule has 1 aromatic heterocycles. The van der Waals surface area contributed by atoms with Crippen molar-refractivity contribution in [2.45, 2.75) is 25.8 Å². The molecule has 0 radical (unpaired) electrons. The topological polar surface area (TPSA) is 62.3 Å². The van der Waals surface area contributed by atoms with Crippen molar-refractivity contribution in [2.24, 2.45) is 5.92 Å². The van der Waals surface area contributed by atoms with E-state index in [0.29, 0.717) is 36.5 Å². The lowest BCUT2D eigenvalue weighted by atomic mass is 9.94. The van der Waals surface area contributed by atoms with Crippen molar-refractivity contribution in [3.05, 3.63) is 64.9 Å². The molecule has 1 aliphatic rings. The maximum absolute atomic E-state index is 12.5. The Hall–Kier alpha value is -2.40. The lowest BCUT2D eigenvalue weighted by Crippen LogP contribution is -2.43. The molecule has 0 aliphatic carbocycles. The van der Waals surface area contributed by atoms with Gasteiger partial charge in [-0.3, -0.25) is 14.6 Å². The molecule has 3 rings (SSSR count). The van der Waals surface area contributed by atoms with E-state index in [0.717, 1.165) is 5.56 Å². The van der Waals surface area contributed by atoms with Crippen LogP contribution in [0.15, 0.2) is 48.8 Å². The van der Waals surface area contributed by atoms with Gasteiger partial charge in [-0.1, -0.05) is 17.7 Å². The van der Waals surface area contributed by atoms with Gasteiger partial charge in [0.25, 0.3) is 5.91 Å². The Bertz CT molecular complexity index is 756. The monoisotopic (exact) mass is 371 g/mol. The van der Waals surface area contributed by atoms with E-state index in [4.69, 9.17) is 11.6 Å². The number of amides is 2. The highest BCUT2D eigenvalue weighted by atomic mass is 35.5. The molecule has 26 heavy (non-hydrogen) atoms. The first-order valence-electron chi connectivity index (χ1n) is 8.79. The lowest BCUT2D eigenvalue weighted by molar-refractivity contribution is -0.127. The van der Waals surface area contributed by atoms with E-state index in [2.05, 4.69) is 10.3 Å². The maximum atomic E-state index is 12.5. The lowest BCUT2D eigenvalue weighted by Gasteiger charge is -2.32. The predicted octanol–water partition coefficient (Wildman–Crippen LogP) is 3.46. The molecule has 5 nitrogen and oxygen atoms in total. The molecule has 6 heteroatoms. The van der Waals surface area contributed by atoms with Crippen molar-refractivity contribution in [2.75, 3.05) is 13.1 Å². The van der Waals surface area contributed by atoms with Gasteiger partial charge in [0, 0.05) is 42.0 Å². The number of nitrogens with zero attached hydrogens (tertiary/aromatic N) is 2. The van der Waals surface area contributed by atoms with Crippen LogP contribution in [0.5, 0.6) is 0 Å². The van der Waals surface area contributed by atoms with Gasteiger partial charge in [0.2, 0.25) is 5.91 Å². The summed E-state index contributed by atoms with van der Waals surface area (Å²) in [4.78, 5) is 30.9. The van der Waals surface area contributed by atoms with Crippen LogP contribution in [0.2, 0.25) is 5.02 Å². The fourth-order valence-electron chi connectivity index (χ4n) is 3.17. The molecule has 1 aromatic carbocycles. The fourth-order valence-corrected chi connectivity index (χ4v) is 3.29. The SMILES string of the molecule is CC(NC(=O)C1CCN(C(=O)c2ccc(Cl)cc2)CC1)c1cccnc1. The second-order valence-corrected chi connectivity index (χ2v) is 7.03. The molecule has 1 N–H and O–H groups in total. The van der Waals surface area contributed by atoms with Crippen molar-refractivity contribution in [3.8, 4) is 0 Å². The van der Waals surface area contributed by atoms with Crippen LogP contribution >= 0.6 is 11.6 Å². The molecule has 1 saturated heterocycles. The minimum absolute atomic E-state index is 0.00995. The summed E-state index contributed by atoms with van der Waals surface area (Å²) in [5.41, 5.74) is 1.61. The number of nitrogens with one attached hydrogen (secondary N) is 1. The molecule has 2 amide bonds. The fraction of sp³-hybridized carbons (Fsp3) is 0.350. The van der Waals surface area contributed by atoms with Crippen molar-refractivity contribution < 1.29 is 9.59 Å². The Kier molecular flexibility index (Phi) is 5.89. The maximum Gasteiger partial charge on any atom is 0.253 e. The van der Waals surface area contributed by atoms with Crippen molar-refractivity contribution >= 4 is 23.4 Å². The van der Waals surface area contributed by atoms with Gasteiger partial charge in [0.05, 0.1) is 6.04 Å². The van der Waals surface area contributed by atoms with Crippen LogP contribution in [0.3, 0.4) is 0 Å². The molecule has 1 aliphatic heterocycles. The Morgan fingerprint density at radius 1 is 1.19 bits per heavy atom. The third-order valence-corrected chi connectivity index (χ3v) is 5.04. The summed E-state index contributed by atoms with van der Waals surface area (Å²) in [7, 11) is 0. The van der Waals surface area contributed by atoms with Crippen LogP contribution < -0.4 is 5.32 Å². The first-order valence-corrected chi connectivity index (χ1v) is 9.17. The van der Waals surface area contributed by atoms with E-state index in [-0.39, 0.29) is 23.8 Å². The molecule has 1 unspecified atom stereocenters. The van der Waals surface area contributed by atoms with E-state index in [1.54, 1.807) is 41.6 Å². The number of rotatable bonds is 4.